The fraction of sp³-hybridized carbons (Fsp3) is 0.571. The predicted octanol–water partition coefficient (Wildman–Crippen LogP) is 2.67. The van der Waals surface area contributed by atoms with Crippen molar-refractivity contribution in [2.45, 2.75) is 25.1 Å². The first-order chi connectivity index (χ1) is 9.17. The van der Waals surface area contributed by atoms with E-state index in [-0.39, 0.29) is 6.04 Å². The van der Waals surface area contributed by atoms with Crippen LogP contribution in [0.4, 0.5) is 0 Å². The maximum absolute atomic E-state index is 5.84. The molecule has 0 amide bonds. The zero-order valence-electron chi connectivity index (χ0n) is 11.7. The average Bonchev–Trinajstić information content (AvgIpc) is 2.42. The molecular formula is C14H22N2OS2. The number of nitrogens with one attached hydrogen (secondary N) is 1. The van der Waals surface area contributed by atoms with Crippen LogP contribution in [0.3, 0.4) is 0 Å². The first kappa shape index (κ1) is 15.0. The van der Waals surface area contributed by atoms with Gasteiger partial charge in [-0.15, -0.1) is 0 Å². The maximum Gasteiger partial charge on any atom is 0.124 e. The largest absolute Gasteiger partial charge is 0.496 e. The Morgan fingerprint density at radius 1 is 1.37 bits per heavy atom. The fourth-order valence-electron chi connectivity index (χ4n) is 2.58. The molecule has 2 atom stereocenters. The average molecular weight is 298 g/mol. The van der Waals surface area contributed by atoms with Crippen LogP contribution in [0.15, 0.2) is 12.1 Å². The van der Waals surface area contributed by atoms with Crippen LogP contribution in [-0.4, -0.2) is 29.6 Å². The van der Waals surface area contributed by atoms with Crippen LogP contribution in [0.1, 0.15) is 22.7 Å². The van der Waals surface area contributed by atoms with Gasteiger partial charge in [0, 0.05) is 28.1 Å². The lowest BCUT2D eigenvalue weighted by atomic mass is 9.96. The number of nitrogens with two attached hydrogens (primary N) is 1. The molecular weight excluding hydrogens is 276 g/mol. The second kappa shape index (κ2) is 6.88. The predicted molar refractivity (Wildman–Crippen MR) is 86.1 cm³/mol. The molecule has 1 saturated heterocycles. The van der Waals surface area contributed by atoms with Gasteiger partial charge in [0.05, 0.1) is 13.2 Å². The molecule has 3 nitrogen and oxygen atoms in total. The molecule has 0 bridgehead atoms. The molecule has 0 radical (unpaired) electrons. The van der Waals surface area contributed by atoms with Crippen molar-refractivity contribution in [1.82, 2.24) is 5.43 Å². The number of hydrazine groups is 1. The summed E-state index contributed by atoms with van der Waals surface area (Å²) in [7, 11) is 1.73. The van der Waals surface area contributed by atoms with Crippen molar-refractivity contribution in [1.29, 1.82) is 0 Å². The summed E-state index contributed by atoms with van der Waals surface area (Å²) in [4.78, 5) is 0. The highest BCUT2D eigenvalue weighted by molar-refractivity contribution is 8.06. The Kier molecular flexibility index (Phi) is 5.45. The molecule has 3 N–H and O–H groups in total. The molecule has 1 aliphatic heterocycles. The number of hydrogen-bond donors (Lipinski definition) is 2. The normalized spacial score (nSPS) is 21.2. The van der Waals surface area contributed by atoms with E-state index in [2.05, 4.69) is 31.4 Å². The number of methoxy groups -OCH3 is 1. The molecule has 0 saturated carbocycles. The SMILES string of the molecule is COc1cc(C)cc(C)c1C(NN)C1CSCCS1. The smallest absolute Gasteiger partial charge is 0.124 e. The molecule has 19 heavy (non-hydrogen) atoms. The topological polar surface area (TPSA) is 47.3 Å². The summed E-state index contributed by atoms with van der Waals surface area (Å²) in [5, 5.41) is 0.499. The Morgan fingerprint density at radius 3 is 2.74 bits per heavy atom. The van der Waals surface area contributed by atoms with Gasteiger partial charge in [-0.1, -0.05) is 6.07 Å². The van der Waals surface area contributed by atoms with Gasteiger partial charge < -0.3 is 4.74 Å². The van der Waals surface area contributed by atoms with E-state index in [1.165, 1.54) is 28.2 Å². The van der Waals surface area contributed by atoms with E-state index >= 15 is 0 Å². The minimum absolute atomic E-state index is 0.147. The lowest BCUT2D eigenvalue weighted by molar-refractivity contribution is 0.398. The summed E-state index contributed by atoms with van der Waals surface area (Å²) in [6, 6.07) is 4.43. The van der Waals surface area contributed by atoms with E-state index in [9.17, 15) is 0 Å². The van der Waals surface area contributed by atoms with Gasteiger partial charge in [0.1, 0.15) is 5.75 Å². The Labute approximate surface area is 124 Å². The molecule has 1 fully saturated rings. The van der Waals surface area contributed by atoms with Gasteiger partial charge in [0.25, 0.3) is 0 Å². The molecule has 1 aliphatic rings. The van der Waals surface area contributed by atoms with Crippen LogP contribution in [0, 0.1) is 13.8 Å². The first-order valence-corrected chi connectivity index (χ1v) is 8.68. The lowest BCUT2D eigenvalue weighted by Crippen LogP contribution is -2.38. The number of thioether (sulfide) groups is 2. The summed E-state index contributed by atoms with van der Waals surface area (Å²) in [5.74, 6) is 10.3. The lowest BCUT2D eigenvalue weighted by Gasteiger charge is -2.31. The number of aryl methyl sites for hydroxylation is 2. The summed E-state index contributed by atoms with van der Waals surface area (Å²) in [6.45, 7) is 4.23. The van der Waals surface area contributed by atoms with Crippen LogP contribution in [-0.2, 0) is 0 Å². The highest BCUT2D eigenvalue weighted by Gasteiger charge is 2.28. The molecule has 0 aliphatic carbocycles. The van der Waals surface area contributed by atoms with Crippen LogP contribution in [0.5, 0.6) is 5.75 Å². The van der Waals surface area contributed by atoms with Crippen molar-refractivity contribution in [3.63, 3.8) is 0 Å². The molecule has 0 spiro atoms. The monoisotopic (exact) mass is 298 g/mol. The van der Waals surface area contributed by atoms with Gasteiger partial charge >= 0.3 is 0 Å². The zero-order chi connectivity index (χ0) is 13.8. The number of hydrogen-bond acceptors (Lipinski definition) is 5. The van der Waals surface area contributed by atoms with Gasteiger partial charge in [-0.25, -0.2) is 0 Å². The van der Waals surface area contributed by atoms with E-state index in [4.69, 9.17) is 10.6 Å². The molecule has 1 aromatic rings. The van der Waals surface area contributed by atoms with Crippen molar-refractivity contribution in [2.24, 2.45) is 5.84 Å². The third kappa shape index (κ3) is 3.40. The first-order valence-electron chi connectivity index (χ1n) is 6.48. The summed E-state index contributed by atoms with van der Waals surface area (Å²) in [5.41, 5.74) is 6.68. The molecule has 2 rings (SSSR count). The molecule has 0 aromatic heterocycles. The third-order valence-electron chi connectivity index (χ3n) is 3.42. The van der Waals surface area contributed by atoms with Gasteiger partial charge in [0.15, 0.2) is 0 Å². The molecule has 1 aromatic carbocycles. The minimum atomic E-state index is 0.147. The zero-order valence-corrected chi connectivity index (χ0v) is 13.4. The van der Waals surface area contributed by atoms with E-state index in [0.29, 0.717) is 5.25 Å². The number of rotatable bonds is 4. The van der Waals surface area contributed by atoms with E-state index < -0.39 is 0 Å². The third-order valence-corrected chi connectivity index (χ3v) is 6.28. The van der Waals surface area contributed by atoms with Crippen molar-refractivity contribution in [3.05, 3.63) is 28.8 Å². The highest BCUT2D eigenvalue weighted by Crippen LogP contribution is 2.38. The van der Waals surface area contributed by atoms with Crippen molar-refractivity contribution < 1.29 is 4.74 Å². The van der Waals surface area contributed by atoms with Gasteiger partial charge in [-0.2, -0.15) is 23.5 Å². The molecule has 2 unspecified atom stereocenters. The second-order valence-electron chi connectivity index (χ2n) is 4.83. The Balaban J connectivity index is 2.36. The number of ether oxygens (including phenoxy) is 1. The maximum atomic E-state index is 5.84. The van der Waals surface area contributed by atoms with E-state index in [1.807, 2.05) is 23.5 Å². The fourth-order valence-corrected chi connectivity index (χ4v) is 5.41. The summed E-state index contributed by atoms with van der Waals surface area (Å²) >= 11 is 4.01. The van der Waals surface area contributed by atoms with E-state index in [0.717, 1.165) is 11.5 Å². The summed E-state index contributed by atoms with van der Waals surface area (Å²) in [6.07, 6.45) is 0. The van der Waals surface area contributed by atoms with Gasteiger partial charge in [-0.3, -0.25) is 11.3 Å². The van der Waals surface area contributed by atoms with Crippen molar-refractivity contribution in [3.8, 4) is 5.75 Å². The Morgan fingerprint density at radius 2 is 2.16 bits per heavy atom. The molecule has 5 heteroatoms. The van der Waals surface area contributed by atoms with Gasteiger partial charge in [0.2, 0.25) is 0 Å². The van der Waals surface area contributed by atoms with E-state index in [1.54, 1.807) is 7.11 Å². The second-order valence-corrected chi connectivity index (χ2v) is 7.32. The van der Waals surface area contributed by atoms with Crippen LogP contribution >= 0.6 is 23.5 Å². The quantitative estimate of drug-likeness (QED) is 0.661. The molecule has 106 valence electrons. The summed E-state index contributed by atoms with van der Waals surface area (Å²) < 4.78 is 5.57. The number of benzene rings is 1. The van der Waals surface area contributed by atoms with Crippen LogP contribution in [0.25, 0.3) is 0 Å². The Bertz CT molecular complexity index is 434. The van der Waals surface area contributed by atoms with Crippen molar-refractivity contribution in [2.75, 3.05) is 24.4 Å². The van der Waals surface area contributed by atoms with Crippen molar-refractivity contribution >= 4 is 23.5 Å². The van der Waals surface area contributed by atoms with Crippen LogP contribution in [0.2, 0.25) is 0 Å². The molecule has 1 heterocycles. The van der Waals surface area contributed by atoms with Crippen LogP contribution < -0.4 is 16.0 Å². The standard InChI is InChI=1S/C14H22N2OS2/c1-9-6-10(2)13(11(7-9)17-3)14(16-15)12-8-18-4-5-19-12/h6-7,12,14,16H,4-5,8,15H2,1-3H3. The Hall–Kier alpha value is -0.360. The minimum Gasteiger partial charge on any atom is -0.496 e. The highest BCUT2D eigenvalue weighted by atomic mass is 32.2. The van der Waals surface area contributed by atoms with Gasteiger partial charge in [-0.05, 0) is 31.0 Å².